The summed E-state index contributed by atoms with van der Waals surface area (Å²) in [6, 6.07) is 8.71. The molecule has 1 aromatic rings. The molecule has 1 amide bonds. The summed E-state index contributed by atoms with van der Waals surface area (Å²) in [7, 11) is 1.87. The Labute approximate surface area is 116 Å². The molecule has 0 radical (unpaired) electrons. The molecule has 1 aliphatic heterocycles. The van der Waals surface area contributed by atoms with Gasteiger partial charge in [-0.25, -0.2) is 0 Å². The van der Waals surface area contributed by atoms with Crippen molar-refractivity contribution in [1.29, 1.82) is 0 Å². The minimum absolute atomic E-state index is 0.197. The van der Waals surface area contributed by atoms with Gasteiger partial charge in [0.15, 0.2) is 0 Å². The van der Waals surface area contributed by atoms with E-state index in [2.05, 4.69) is 24.4 Å². The highest BCUT2D eigenvalue weighted by Gasteiger charge is 2.20. The molecule has 1 unspecified atom stereocenters. The molecule has 0 aliphatic carbocycles. The van der Waals surface area contributed by atoms with Crippen LogP contribution < -0.4 is 10.2 Å². The van der Waals surface area contributed by atoms with Gasteiger partial charge in [-0.15, -0.1) is 0 Å². The van der Waals surface area contributed by atoms with E-state index in [0.29, 0.717) is 12.5 Å². The van der Waals surface area contributed by atoms with E-state index in [1.165, 1.54) is 12.0 Å². The number of benzene rings is 1. The smallest absolute Gasteiger partial charge is 0.228 e. The van der Waals surface area contributed by atoms with Gasteiger partial charge in [0.05, 0.1) is 0 Å². The lowest BCUT2D eigenvalue weighted by molar-refractivity contribution is -0.118. The normalized spacial score (nSPS) is 18.5. The van der Waals surface area contributed by atoms with Crippen molar-refractivity contribution in [3.05, 3.63) is 29.8 Å². The number of hydrogen-bond donors (Lipinski definition) is 1. The van der Waals surface area contributed by atoms with Gasteiger partial charge in [-0.05, 0) is 43.5 Å². The monoisotopic (exact) mass is 260 g/mol. The Morgan fingerprint density at radius 2 is 2.11 bits per heavy atom. The van der Waals surface area contributed by atoms with Crippen molar-refractivity contribution in [2.75, 3.05) is 18.5 Å². The summed E-state index contributed by atoms with van der Waals surface area (Å²) in [5.74, 6) is 0.197. The third kappa shape index (κ3) is 3.80. The molecule has 3 nitrogen and oxygen atoms in total. The Morgan fingerprint density at radius 3 is 2.68 bits per heavy atom. The average Bonchev–Trinajstić information content (AvgIpc) is 2.92. The molecule has 2 rings (SSSR count). The Kier molecular flexibility index (Phi) is 4.97. The van der Waals surface area contributed by atoms with Crippen LogP contribution in [0.3, 0.4) is 0 Å². The minimum Gasteiger partial charge on any atom is -0.315 e. The Bertz CT molecular complexity index is 407. The minimum atomic E-state index is 0.197. The van der Waals surface area contributed by atoms with Crippen LogP contribution in [-0.2, 0) is 11.2 Å². The van der Waals surface area contributed by atoms with Crippen molar-refractivity contribution in [2.45, 2.75) is 45.1 Å². The third-order valence-corrected chi connectivity index (χ3v) is 3.82. The highest BCUT2D eigenvalue weighted by atomic mass is 16.2. The van der Waals surface area contributed by atoms with Crippen molar-refractivity contribution in [3.63, 3.8) is 0 Å². The quantitative estimate of drug-likeness (QED) is 0.883. The fraction of sp³-hybridized carbons (Fsp3) is 0.562. The van der Waals surface area contributed by atoms with E-state index in [-0.39, 0.29) is 5.91 Å². The lowest BCUT2D eigenvalue weighted by atomic mass is 10.1. The topological polar surface area (TPSA) is 32.3 Å². The zero-order valence-electron chi connectivity index (χ0n) is 12.0. The molecule has 1 N–H and O–H groups in total. The van der Waals surface area contributed by atoms with Crippen molar-refractivity contribution in [2.24, 2.45) is 0 Å². The van der Waals surface area contributed by atoms with Gasteiger partial charge in [0, 0.05) is 25.2 Å². The Balaban J connectivity index is 1.93. The molecule has 104 valence electrons. The van der Waals surface area contributed by atoms with Gasteiger partial charge >= 0.3 is 0 Å². The van der Waals surface area contributed by atoms with E-state index < -0.39 is 0 Å². The summed E-state index contributed by atoms with van der Waals surface area (Å²) in [6.45, 7) is 3.23. The van der Waals surface area contributed by atoms with Gasteiger partial charge in [-0.3, -0.25) is 4.79 Å². The zero-order valence-corrected chi connectivity index (χ0v) is 12.0. The summed E-state index contributed by atoms with van der Waals surface area (Å²) >= 11 is 0. The van der Waals surface area contributed by atoms with E-state index in [4.69, 9.17) is 0 Å². The second-order valence-corrected chi connectivity index (χ2v) is 5.37. The third-order valence-electron chi connectivity index (χ3n) is 3.82. The predicted molar refractivity (Wildman–Crippen MR) is 79.5 cm³/mol. The summed E-state index contributed by atoms with van der Waals surface area (Å²) < 4.78 is 0. The lowest BCUT2D eigenvalue weighted by Gasteiger charge is -2.20. The van der Waals surface area contributed by atoms with E-state index in [9.17, 15) is 4.79 Å². The molecule has 1 aliphatic rings. The van der Waals surface area contributed by atoms with Crippen LogP contribution in [0.1, 0.15) is 38.2 Å². The molecule has 1 aromatic carbocycles. The Morgan fingerprint density at radius 1 is 1.37 bits per heavy atom. The van der Waals surface area contributed by atoms with Crippen LogP contribution in [0.25, 0.3) is 0 Å². The SMILES string of the molecule is CCCc1ccc(N(C)C(=O)CC2CCCN2)cc1. The molecular formula is C16H24N2O. The van der Waals surface area contributed by atoms with Gasteiger partial charge < -0.3 is 10.2 Å². The molecule has 0 aromatic heterocycles. The highest BCUT2D eigenvalue weighted by Crippen LogP contribution is 2.17. The van der Waals surface area contributed by atoms with Crippen molar-refractivity contribution < 1.29 is 4.79 Å². The summed E-state index contributed by atoms with van der Waals surface area (Å²) in [6.07, 6.45) is 5.17. The number of anilines is 1. The van der Waals surface area contributed by atoms with E-state index in [1.807, 2.05) is 19.2 Å². The molecular weight excluding hydrogens is 236 g/mol. The largest absolute Gasteiger partial charge is 0.315 e. The fourth-order valence-corrected chi connectivity index (χ4v) is 2.60. The molecule has 0 saturated carbocycles. The number of carbonyl (C=O) groups excluding carboxylic acids is 1. The molecule has 1 atom stereocenters. The van der Waals surface area contributed by atoms with Gasteiger partial charge in [-0.2, -0.15) is 0 Å². The van der Waals surface area contributed by atoms with Gasteiger partial charge in [0.2, 0.25) is 5.91 Å². The van der Waals surface area contributed by atoms with Crippen molar-refractivity contribution in [3.8, 4) is 0 Å². The van der Waals surface area contributed by atoms with Crippen LogP contribution in [0.5, 0.6) is 0 Å². The maximum Gasteiger partial charge on any atom is 0.228 e. The van der Waals surface area contributed by atoms with Crippen LogP contribution in [-0.4, -0.2) is 25.5 Å². The summed E-state index contributed by atoms with van der Waals surface area (Å²) in [5.41, 5.74) is 2.33. The van der Waals surface area contributed by atoms with Gasteiger partial charge in [0.1, 0.15) is 0 Å². The maximum absolute atomic E-state index is 12.2. The number of carbonyl (C=O) groups is 1. The van der Waals surface area contributed by atoms with Crippen LogP contribution in [0, 0.1) is 0 Å². The molecule has 0 bridgehead atoms. The standard InChI is InChI=1S/C16H24N2O/c1-3-5-13-7-9-15(10-8-13)18(2)16(19)12-14-6-4-11-17-14/h7-10,14,17H,3-6,11-12H2,1-2H3. The van der Waals surface area contributed by atoms with Crippen LogP contribution >= 0.6 is 0 Å². The molecule has 19 heavy (non-hydrogen) atoms. The van der Waals surface area contributed by atoms with E-state index in [1.54, 1.807) is 4.90 Å². The zero-order chi connectivity index (χ0) is 13.7. The second-order valence-electron chi connectivity index (χ2n) is 5.37. The van der Waals surface area contributed by atoms with Crippen molar-refractivity contribution in [1.82, 2.24) is 5.32 Å². The fourth-order valence-electron chi connectivity index (χ4n) is 2.60. The van der Waals surface area contributed by atoms with Gasteiger partial charge in [-0.1, -0.05) is 25.5 Å². The number of aryl methyl sites for hydroxylation is 1. The van der Waals surface area contributed by atoms with Crippen LogP contribution in [0.2, 0.25) is 0 Å². The second kappa shape index (κ2) is 6.71. The number of nitrogens with one attached hydrogen (secondary N) is 1. The maximum atomic E-state index is 12.2. The predicted octanol–water partition coefficient (Wildman–Crippen LogP) is 2.74. The molecule has 0 spiro atoms. The molecule has 3 heteroatoms. The van der Waals surface area contributed by atoms with E-state index in [0.717, 1.165) is 31.5 Å². The van der Waals surface area contributed by atoms with Crippen LogP contribution in [0.15, 0.2) is 24.3 Å². The summed E-state index contributed by atoms with van der Waals surface area (Å²) in [4.78, 5) is 14.0. The number of nitrogens with zero attached hydrogens (tertiary/aromatic N) is 1. The lowest BCUT2D eigenvalue weighted by Crippen LogP contribution is -2.33. The highest BCUT2D eigenvalue weighted by molar-refractivity contribution is 5.93. The first-order valence-corrected chi connectivity index (χ1v) is 7.29. The molecule has 1 heterocycles. The van der Waals surface area contributed by atoms with E-state index >= 15 is 0 Å². The molecule has 1 saturated heterocycles. The summed E-state index contributed by atoms with van der Waals surface area (Å²) in [5, 5.41) is 3.37. The van der Waals surface area contributed by atoms with Crippen molar-refractivity contribution >= 4 is 11.6 Å². The number of hydrogen-bond acceptors (Lipinski definition) is 2. The first-order chi connectivity index (χ1) is 9.20. The first-order valence-electron chi connectivity index (χ1n) is 7.29. The number of rotatable bonds is 5. The van der Waals surface area contributed by atoms with Crippen LogP contribution in [0.4, 0.5) is 5.69 Å². The average molecular weight is 260 g/mol. The Hall–Kier alpha value is -1.35. The van der Waals surface area contributed by atoms with Gasteiger partial charge in [0.25, 0.3) is 0 Å². The molecule has 1 fully saturated rings. The first kappa shape index (κ1) is 14.1. The number of amides is 1.